The highest BCUT2D eigenvalue weighted by atomic mass is 127. The fraction of sp³-hybridized carbons (Fsp3) is 0.458. The molecule has 8 heteroatoms. The lowest BCUT2D eigenvalue weighted by Gasteiger charge is -2.18. The molecular formula is C24H37IN4O3. The molecule has 0 aliphatic rings. The Kier molecular flexibility index (Phi) is 13.5. The lowest BCUT2D eigenvalue weighted by molar-refractivity contribution is 0.221. The number of hydrogen-bond donors (Lipinski definition) is 2. The molecule has 0 atom stereocenters. The van der Waals surface area contributed by atoms with Crippen LogP contribution in [0.3, 0.4) is 0 Å². The third kappa shape index (κ3) is 9.12. The van der Waals surface area contributed by atoms with E-state index in [9.17, 15) is 0 Å². The molecule has 0 aliphatic heterocycles. The summed E-state index contributed by atoms with van der Waals surface area (Å²) in [5.74, 6) is 2.72. The lowest BCUT2D eigenvalue weighted by Crippen LogP contribution is -2.33. The van der Waals surface area contributed by atoms with Gasteiger partial charge in [-0.25, -0.2) is 4.99 Å². The molecular weight excluding hydrogens is 519 g/mol. The summed E-state index contributed by atoms with van der Waals surface area (Å²) >= 11 is 0. The number of aliphatic imine (C=N–C) groups is 1. The third-order valence-corrected chi connectivity index (χ3v) is 5.12. The van der Waals surface area contributed by atoms with Crippen molar-refractivity contribution in [1.82, 2.24) is 10.2 Å². The number of halogens is 1. The SMILES string of the molecule is CCN(CC)CCOc1ccccc1CN=C(N)NCCc1ccc(OC)c(OC)c1.I. The van der Waals surface area contributed by atoms with E-state index in [-0.39, 0.29) is 24.0 Å². The Morgan fingerprint density at radius 3 is 2.41 bits per heavy atom. The average molecular weight is 556 g/mol. The summed E-state index contributed by atoms with van der Waals surface area (Å²) in [6, 6.07) is 13.9. The Hall–Kier alpha value is -2.20. The molecule has 3 N–H and O–H groups in total. The average Bonchev–Trinajstić information content (AvgIpc) is 2.81. The van der Waals surface area contributed by atoms with Crippen molar-refractivity contribution in [2.24, 2.45) is 10.7 Å². The Labute approximate surface area is 209 Å². The van der Waals surface area contributed by atoms with E-state index in [1.54, 1.807) is 14.2 Å². The van der Waals surface area contributed by atoms with Crippen LogP contribution in [0.4, 0.5) is 0 Å². The number of hydrogen-bond acceptors (Lipinski definition) is 5. The zero-order valence-electron chi connectivity index (χ0n) is 19.6. The van der Waals surface area contributed by atoms with Gasteiger partial charge in [-0.15, -0.1) is 24.0 Å². The minimum Gasteiger partial charge on any atom is -0.493 e. The Balaban J connectivity index is 0.00000512. The van der Waals surface area contributed by atoms with Crippen molar-refractivity contribution in [3.63, 3.8) is 0 Å². The molecule has 0 aromatic heterocycles. The molecule has 2 rings (SSSR count). The summed E-state index contributed by atoms with van der Waals surface area (Å²) < 4.78 is 16.6. The van der Waals surface area contributed by atoms with E-state index in [2.05, 4.69) is 29.1 Å². The van der Waals surface area contributed by atoms with Gasteiger partial charge in [0, 0.05) is 18.7 Å². The van der Waals surface area contributed by atoms with Crippen LogP contribution in [-0.2, 0) is 13.0 Å². The van der Waals surface area contributed by atoms with Gasteiger partial charge < -0.3 is 30.2 Å². The number of likely N-dealkylation sites (N-methyl/N-ethyl adjacent to an activating group) is 1. The Morgan fingerprint density at radius 1 is 1.00 bits per heavy atom. The summed E-state index contributed by atoms with van der Waals surface area (Å²) in [5.41, 5.74) is 8.21. The number of nitrogens with zero attached hydrogens (tertiary/aromatic N) is 2. The van der Waals surface area contributed by atoms with Crippen molar-refractivity contribution >= 4 is 29.9 Å². The maximum Gasteiger partial charge on any atom is 0.188 e. The number of nitrogens with one attached hydrogen (secondary N) is 1. The van der Waals surface area contributed by atoms with E-state index in [1.807, 2.05) is 42.5 Å². The highest BCUT2D eigenvalue weighted by molar-refractivity contribution is 14.0. The minimum atomic E-state index is 0. The van der Waals surface area contributed by atoms with Gasteiger partial charge in [0.1, 0.15) is 12.4 Å². The van der Waals surface area contributed by atoms with Crippen LogP contribution in [0.5, 0.6) is 17.2 Å². The van der Waals surface area contributed by atoms with Crippen LogP contribution in [0.15, 0.2) is 47.5 Å². The highest BCUT2D eigenvalue weighted by Crippen LogP contribution is 2.27. The molecule has 2 aromatic rings. The van der Waals surface area contributed by atoms with E-state index in [4.69, 9.17) is 19.9 Å². The van der Waals surface area contributed by atoms with Gasteiger partial charge in [-0.1, -0.05) is 38.1 Å². The fourth-order valence-corrected chi connectivity index (χ4v) is 3.20. The number of rotatable bonds is 13. The molecule has 0 fully saturated rings. The first-order valence-corrected chi connectivity index (χ1v) is 10.8. The number of ether oxygens (including phenoxy) is 3. The van der Waals surface area contributed by atoms with Crippen LogP contribution in [0.1, 0.15) is 25.0 Å². The molecule has 0 aliphatic carbocycles. The number of guanidine groups is 1. The van der Waals surface area contributed by atoms with Crippen molar-refractivity contribution in [2.75, 3.05) is 47.0 Å². The fourth-order valence-electron chi connectivity index (χ4n) is 3.20. The minimum absolute atomic E-state index is 0. The van der Waals surface area contributed by atoms with Crippen LogP contribution < -0.4 is 25.3 Å². The molecule has 0 spiro atoms. The molecule has 0 heterocycles. The summed E-state index contributed by atoms with van der Waals surface area (Å²) in [6.45, 7) is 9.07. The molecule has 178 valence electrons. The van der Waals surface area contributed by atoms with Gasteiger partial charge in [-0.05, 0) is 43.3 Å². The van der Waals surface area contributed by atoms with Crippen molar-refractivity contribution in [1.29, 1.82) is 0 Å². The first-order chi connectivity index (χ1) is 15.1. The maximum absolute atomic E-state index is 6.06. The predicted octanol–water partition coefficient (Wildman–Crippen LogP) is 3.69. The summed E-state index contributed by atoms with van der Waals surface area (Å²) in [7, 11) is 3.26. The van der Waals surface area contributed by atoms with Gasteiger partial charge in [0.15, 0.2) is 17.5 Å². The number of nitrogens with two attached hydrogens (primary N) is 1. The zero-order valence-corrected chi connectivity index (χ0v) is 21.9. The van der Waals surface area contributed by atoms with Crippen LogP contribution >= 0.6 is 24.0 Å². The molecule has 0 amide bonds. The molecule has 32 heavy (non-hydrogen) atoms. The van der Waals surface area contributed by atoms with E-state index in [0.717, 1.165) is 54.4 Å². The second-order valence-corrected chi connectivity index (χ2v) is 7.05. The summed E-state index contributed by atoms with van der Waals surface area (Å²) in [6.07, 6.45) is 0.793. The van der Waals surface area contributed by atoms with Gasteiger partial charge >= 0.3 is 0 Å². The Bertz CT molecular complexity index is 829. The van der Waals surface area contributed by atoms with Gasteiger partial charge in [-0.3, -0.25) is 0 Å². The van der Waals surface area contributed by atoms with E-state index < -0.39 is 0 Å². The van der Waals surface area contributed by atoms with E-state index in [0.29, 0.717) is 25.7 Å². The van der Waals surface area contributed by atoms with E-state index >= 15 is 0 Å². The standard InChI is InChI=1S/C24H36N4O3.HI/c1-5-28(6-2)15-16-31-21-10-8-7-9-20(21)18-27-24(25)26-14-13-19-11-12-22(29-3)23(17-19)30-4;/h7-12,17H,5-6,13-16,18H2,1-4H3,(H3,25,26,27);1H. The summed E-state index contributed by atoms with van der Waals surface area (Å²) in [4.78, 5) is 6.81. The molecule has 7 nitrogen and oxygen atoms in total. The van der Waals surface area contributed by atoms with Crippen molar-refractivity contribution in [3.8, 4) is 17.2 Å². The molecule has 0 saturated heterocycles. The second kappa shape index (κ2) is 15.6. The van der Waals surface area contributed by atoms with Gasteiger partial charge in [0.25, 0.3) is 0 Å². The first kappa shape index (κ1) is 27.8. The largest absolute Gasteiger partial charge is 0.493 e. The third-order valence-electron chi connectivity index (χ3n) is 5.12. The molecule has 0 saturated carbocycles. The molecule has 0 unspecified atom stereocenters. The smallest absolute Gasteiger partial charge is 0.188 e. The van der Waals surface area contributed by atoms with Gasteiger partial charge in [0.2, 0.25) is 0 Å². The molecule has 2 aromatic carbocycles. The maximum atomic E-state index is 6.06. The van der Waals surface area contributed by atoms with Crippen molar-refractivity contribution < 1.29 is 14.2 Å². The van der Waals surface area contributed by atoms with Crippen LogP contribution in [0.2, 0.25) is 0 Å². The highest BCUT2D eigenvalue weighted by Gasteiger charge is 2.06. The zero-order chi connectivity index (χ0) is 22.5. The first-order valence-electron chi connectivity index (χ1n) is 10.8. The topological polar surface area (TPSA) is 81.3 Å². The van der Waals surface area contributed by atoms with E-state index in [1.165, 1.54) is 0 Å². The van der Waals surface area contributed by atoms with Gasteiger partial charge in [0.05, 0.1) is 20.8 Å². The van der Waals surface area contributed by atoms with Crippen LogP contribution in [0.25, 0.3) is 0 Å². The normalized spacial score (nSPS) is 11.1. The summed E-state index contributed by atoms with van der Waals surface area (Å²) in [5, 5.41) is 3.17. The molecule has 0 radical (unpaired) electrons. The molecule has 0 bridgehead atoms. The lowest BCUT2D eigenvalue weighted by atomic mass is 10.1. The van der Waals surface area contributed by atoms with Crippen molar-refractivity contribution in [2.45, 2.75) is 26.8 Å². The number of para-hydroxylation sites is 1. The second-order valence-electron chi connectivity index (χ2n) is 7.05. The predicted molar refractivity (Wildman–Crippen MR) is 142 cm³/mol. The monoisotopic (exact) mass is 556 g/mol. The quantitative estimate of drug-likeness (QED) is 0.223. The van der Waals surface area contributed by atoms with Crippen molar-refractivity contribution in [3.05, 3.63) is 53.6 Å². The van der Waals surface area contributed by atoms with Crippen LogP contribution in [-0.4, -0.2) is 57.9 Å². The number of benzene rings is 2. The van der Waals surface area contributed by atoms with Crippen LogP contribution in [0, 0.1) is 0 Å². The number of methoxy groups -OCH3 is 2. The Morgan fingerprint density at radius 2 is 1.72 bits per heavy atom. The van der Waals surface area contributed by atoms with Gasteiger partial charge in [-0.2, -0.15) is 0 Å².